The quantitative estimate of drug-likeness (QED) is 0.745. The van der Waals surface area contributed by atoms with Crippen molar-refractivity contribution in [1.82, 2.24) is 25.1 Å². The molecule has 0 amide bonds. The molecule has 0 saturated carbocycles. The van der Waals surface area contributed by atoms with Crippen molar-refractivity contribution in [2.75, 3.05) is 6.54 Å². The Balaban J connectivity index is 1.74. The number of fused-ring (bicyclic) bond motifs is 1. The van der Waals surface area contributed by atoms with E-state index in [1.54, 1.807) is 28.2 Å². The molecule has 1 aliphatic heterocycles. The fourth-order valence-corrected chi connectivity index (χ4v) is 3.62. The highest BCUT2D eigenvalue weighted by Gasteiger charge is 2.32. The standard InChI is InChI=1S/C15H14FN5S/c16-12-4-1-3-11(9-12)14-15-17-18-19-21(15)7-6-20(14)10-13-5-2-8-22-13/h1-5,8-9,14H,6-7,10H2. The number of benzene rings is 1. The largest absolute Gasteiger partial charge is 0.283 e. The molecule has 0 aliphatic carbocycles. The molecule has 3 heterocycles. The van der Waals surface area contributed by atoms with E-state index in [0.29, 0.717) is 0 Å². The van der Waals surface area contributed by atoms with E-state index in [4.69, 9.17) is 0 Å². The third-order valence-corrected chi connectivity index (χ3v) is 4.73. The van der Waals surface area contributed by atoms with Gasteiger partial charge in [-0.15, -0.1) is 16.4 Å². The number of thiophene rings is 1. The average Bonchev–Trinajstić information content (AvgIpc) is 3.18. The summed E-state index contributed by atoms with van der Waals surface area (Å²) < 4.78 is 15.5. The minimum Gasteiger partial charge on any atom is -0.283 e. The Labute approximate surface area is 131 Å². The lowest BCUT2D eigenvalue weighted by Crippen LogP contribution is -2.38. The summed E-state index contributed by atoms with van der Waals surface area (Å²) in [5.74, 6) is 0.534. The van der Waals surface area contributed by atoms with Crippen molar-refractivity contribution >= 4 is 11.3 Å². The van der Waals surface area contributed by atoms with E-state index in [9.17, 15) is 4.39 Å². The molecule has 1 aliphatic rings. The SMILES string of the molecule is Fc1cccc(C2c3nnnn3CCN2Cc2cccs2)c1. The van der Waals surface area contributed by atoms with Crippen LogP contribution in [0.25, 0.3) is 0 Å². The van der Waals surface area contributed by atoms with Crippen molar-refractivity contribution in [2.24, 2.45) is 0 Å². The van der Waals surface area contributed by atoms with Gasteiger partial charge in [0.05, 0.1) is 12.6 Å². The van der Waals surface area contributed by atoms with Crippen molar-refractivity contribution in [3.05, 3.63) is 63.9 Å². The third kappa shape index (κ3) is 2.42. The first-order valence-electron chi connectivity index (χ1n) is 7.09. The summed E-state index contributed by atoms with van der Waals surface area (Å²) in [6.45, 7) is 2.39. The van der Waals surface area contributed by atoms with Crippen LogP contribution in [-0.4, -0.2) is 31.7 Å². The molecule has 1 unspecified atom stereocenters. The number of rotatable bonds is 3. The molecule has 1 aromatic carbocycles. The molecular formula is C15H14FN5S. The molecule has 0 fully saturated rings. The van der Waals surface area contributed by atoms with E-state index < -0.39 is 0 Å². The zero-order valence-corrected chi connectivity index (χ0v) is 12.6. The molecule has 112 valence electrons. The predicted molar refractivity (Wildman–Crippen MR) is 80.8 cm³/mol. The lowest BCUT2D eigenvalue weighted by atomic mass is 10.0. The molecule has 0 bridgehead atoms. The molecule has 2 aromatic heterocycles. The normalized spacial score (nSPS) is 18.3. The Morgan fingerprint density at radius 3 is 3.00 bits per heavy atom. The Kier molecular flexibility index (Phi) is 3.44. The maximum atomic E-state index is 13.7. The highest BCUT2D eigenvalue weighted by atomic mass is 32.1. The number of aromatic nitrogens is 4. The first-order valence-corrected chi connectivity index (χ1v) is 7.97. The van der Waals surface area contributed by atoms with Gasteiger partial charge in [-0.1, -0.05) is 18.2 Å². The topological polar surface area (TPSA) is 46.8 Å². The maximum absolute atomic E-state index is 13.7. The van der Waals surface area contributed by atoms with Crippen LogP contribution >= 0.6 is 11.3 Å². The fourth-order valence-electron chi connectivity index (χ4n) is 2.89. The van der Waals surface area contributed by atoms with Gasteiger partial charge >= 0.3 is 0 Å². The van der Waals surface area contributed by atoms with Gasteiger partial charge in [-0.05, 0) is 39.6 Å². The zero-order valence-electron chi connectivity index (χ0n) is 11.8. The predicted octanol–water partition coefficient (Wildman–Crippen LogP) is 2.48. The molecule has 0 spiro atoms. The van der Waals surface area contributed by atoms with Gasteiger partial charge < -0.3 is 0 Å². The van der Waals surface area contributed by atoms with Crippen LogP contribution < -0.4 is 0 Å². The van der Waals surface area contributed by atoms with Crippen LogP contribution in [0.1, 0.15) is 22.3 Å². The molecule has 3 aromatic rings. The van der Waals surface area contributed by atoms with E-state index in [0.717, 1.165) is 31.0 Å². The average molecular weight is 315 g/mol. The second-order valence-corrected chi connectivity index (χ2v) is 6.30. The van der Waals surface area contributed by atoms with Gasteiger partial charge in [0.1, 0.15) is 5.82 Å². The van der Waals surface area contributed by atoms with Gasteiger partial charge in [0.2, 0.25) is 0 Å². The Morgan fingerprint density at radius 2 is 2.18 bits per heavy atom. The minimum absolute atomic E-state index is 0.124. The number of hydrogen-bond donors (Lipinski definition) is 0. The Hall–Kier alpha value is -2.12. The first-order chi connectivity index (χ1) is 10.8. The van der Waals surface area contributed by atoms with Gasteiger partial charge in [0.15, 0.2) is 5.82 Å². The fraction of sp³-hybridized carbons (Fsp3) is 0.267. The molecule has 22 heavy (non-hydrogen) atoms. The van der Waals surface area contributed by atoms with E-state index in [1.807, 2.05) is 12.1 Å². The van der Waals surface area contributed by atoms with E-state index in [2.05, 4.69) is 31.9 Å². The maximum Gasteiger partial charge on any atom is 0.173 e. The van der Waals surface area contributed by atoms with Gasteiger partial charge in [-0.25, -0.2) is 9.07 Å². The summed E-state index contributed by atoms with van der Waals surface area (Å²) in [6, 6.07) is 10.7. The van der Waals surface area contributed by atoms with Crippen LogP contribution in [0.5, 0.6) is 0 Å². The smallest absolute Gasteiger partial charge is 0.173 e. The molecular weight excluding hydrogens is 301 g/mol. The van der Waals surface area contributed by atoms with Crippen molar-refractivity contribution in [3.63, 3.8) is 0 Å². The van der Waals surface area contributed by atoms with Crippen molar-refractivity contribution < 1.29 is 4.39 Å². The summed E-state index contributed by atoms with van der Waals surface area (Å²) in [5, 5.41) is 14.0. The molecule has 5 nitrogen and oxygen atoms in total. The Bertz CT molecular complexity index is 770. The minimum atomic E-state index is -0.238. The summed E-state index contributed by atoms with van der Waals surface area (Å²) in [5.41, 5.74) is 0.882. The van der Waals surface area contributed by atoms with Crippen molar-refractivity contribution in [1.29, 1.82) is 0 Å². The van der Waals surface area contributed by atoms with E-state index in [1.165, 1.54) is 10.9 Å². The molecule has 4 rings (SSSR count). The highest BCUT2D eigenvalue weighted by molar-refractivity contribution is 7.09. The van der Waals surface area contributed by atoms with Crippen molar-refractivity contribution in [3.8, 4) is 0 Å². The molecule has 1 atom stereocenters. The van der Waals surface area contributed by atoms with Gasteiger partial charge in [-0.3, -0.25) is 4.90 Å². The molecule has 0 radical (unpaired) electrons. The second kappa shape index (κ2) is 5.58. The highest BCUT2D eigenvalue weighted by Crippen LogP contribution is 2.32. The first kappa shape index (κ1) is 13.5. The number of tetrazole rings is 1. The lowest BCUT2D eigenvalue weighted by Gasteiger charge is -2.34. The van der Waals surface area contributed by atoms with E-state index in [-0.39, 0.29) is 11.9 Å². The Morgan fingerprint density at radius 1 is 1.23 bits per heavy atom. The second-order valence-electron chi connectivity index (χ2n) is 5.27. The summed E-state index contributed by atoms with van der Waals surface area (Å²) in [7, 11) is 0. The van der Waals surface area contributed by atoms with Crippen LogP contribution in [0.15, 0.2) is 41.8 Å². The number of halogens is 1. The van der Waals surface area contributed by atoms with Crippen LogP contribution in [-0.2, 0) is 13.1 Å². The van der Waals surface area contributed by atoms with Crippen LogP contribution in [0.4, 0.5) is 4.39 Å². The van der Waals surface area contributed by atoms with Crippen LogP contribution in [0.3, 0.4) is 0 Å². The van der Waals surface area contributed by atoms with Gasteiger partial charge in [0.25, 0.3) is 0 Å². The van der Waals surface area contributed by atoms with Crippen LogP contribution in [0, 0.1) is 5.82 Å². The lowest BCUT2D eigenvalue weighted by molar-refractivity contribution is 0.165. The monoisotopic (exact) mass is 315 g/mol. The molecule has 0 N–H and O–H groups in total. The van der Waals surface area contributed by atoms with Gasteiger partial charge in [0, 0.05) is 18.0 Å². The zero-order chi connectivity index (χ0) is 14.9. The molecule has 0 saturated heterocycles. The third-order valence-electron chi connectivity index (χ3n) is 3.87. The molecule has 7 heteroatoms. The number of nitrogens with zero attached hydrogens (tertiary/aromatic N) is 5. The summed E-state index contributed by atoms with van der Waals surface area (Å²) >= 11 is 1.73. The van der Waals surface area contributed by atoms with E-state index >= 15 is 0 Å². The number of hydrogen-bond acceptors (Lipinski definition) is 5. The van der Waals surface area contributed by atoms with Crippen molar-refractivity contribution in [2.45, 2.75) is 19.1 Å². The van der Waals surface area contributed by atoms with Gasteiger partial charge in [-0.2, -0.15) is 0 Å². The van der Waals surface area contributed by atoms with Crippen LogP contribution in [0.2, 0.25) is 0 Å². The summed E-state index contributed by atoms with van der Waals surface area (Å²) in [6.07, 6.45) is 0. The summed E-state index contributed by atoms with van der Waals surface area (Å²) in [4.78, 5) is 3.58.